The number of phenols is 1. The van der Waals surface area contributed by atoms with Crippen molar-refractivity contribution < 1.29 is 6.48 Å². The molecule has 0 radical (unpaired) electrons. The van der Waals surface area contributed by atoms with Crippen molar-refractivity contribution in [1.82, 2.24) is 19.6 Å². The summed E-state index contributed by atoms with van der Waals surface area (Å²) in [5, 5.41) is 18.4. The minimum atomic E-state index is 0.155. The Bertz CT molecular complexity index is 701. The summed E-state index contributed by atoms with van der Waals surface area (Å²) in [6.45, 7) is 0. The van der Waals surface area contributed by atoms with Crippen LogP contribution in [0.4, 0.5) is 0 Å². The van der Waals surface area contributed by atoms with Crippen LogP contribution in [-0.2, 0) is 7.05 Å². The molecule has 2 heterocycles. The van der Waals surface area contributed by atoms with Gasteiger partial charge < -0.3 is 5.11 Å². The van der Waals surface area contributed by atoms with Crippen molar-refractivity contribution in [3.63, 3.8) is 0 Å². The molecule has 3 aromatic rings. The Morgan fingerprint density at radius 2 is 2.25 bits per heavy atom. The predicted molar refractivity (Wildman–Crippen MR) is 59.5 cm³/mol. The summed E-state index contributed by atoms with van der Waals surface area (Å²) >= 11 is 0. The van der Waals surface area contributed by atoms with E-state index in [1.807, 2.05) is 7.05 Å². The molecule has 5 nitrogen and oxygen atoms in total. The average molecular weight is 215 g/mol. The molecule has 0 saturated carbocycles. The molecule has 3 rings (SSSR count). The number of nitrogens with zero attached hydrogens (tertiary/aromatic N) is 4. The lowest BCUT2D eigenvalue weighted by Gasteiger charge is -1.99. The van der Waals surface area contributed by atoms with Crippen LogP contribution in [0.5, 0.6) is 5.75 Å². The number of benzene rings is 1. The molecule has 0 saturated heterocycles. The zero-order valence-corrected chi connectivity index (χ0v) is 8.62. The van der Waals surface area contributed by atoms with Crippen LogP contribution >= 0.6 is 0 Å². The maximum atomic E-state index is 9.49. The van der Waals surface area contributed by atoms with E-state index >= 15 is 0 Å². The van der Waals surface area contributed by atoms with Crippen LogP contribution in [0, 0.1) is 0 Å². The van der Waals surface area contributed by atoms with E-state index in [0.717, 1.165) is 5.69 Å². The van der Waals surface area contributed by atoms with E-state index in [4.69, 9.17) is 1.37 Å². The van der Waals surface area contributed by atoms with Crippen molar-refractivity contribution >= 4 is 10.9 Å². The Morgan fingerprint density at radius 3 is 3.00 bits per heavy atom. The second kappa shape index (κ2) is 3.10. The van der Waals surface area contributed by atoms with Crippen LogP contribution in [0.1, 0.15) is 1.37 Å². The fourth-order valence-electron chi connectivity index (χ4n) is 1.66. The Balaban J connectivity index is 2.33. The molecule has 0 atom stereocenters. The van der Waals surface area contributed by atoms with Crippen LogP contribution in [0.25, 0.3) is 16.6 Å². The lowest BCUT2D eigenvalue weighted by Crippen LogP contribution is -1.93. The number of rotatable bonds is 1. The van der Waals surface area contributed by atoms with Gasteiger partial charge in [-0.1, -0.05) is 0 Å². The van der Waals surface area contributed by atoms with Crippen molar-refractivity contribution in [2.75, 3.05) is 0 Å². The minimum absolute atomic E-state index is 0.155. The summed E-state index contributed by atoms with van der Waals surface area (Å²) in [4.78, 5) is 0. The van der Waals surface area contributed by atoms with E-state index in [1.54, 1.807) is 40.0 Å². The molecule has 16 heavy (non-hydrogen) atoms. The van der Waals surface area contributed by atoms with E-state index in [0.29, 0.717) is 10.9 Å². The van der Waals surface area contributed by atoms with Gasteiger partial charge in [-0.3, -0.25) is 4.68 Å². The Kier molecular flexibility index (Phi) is 1.53. The summed E-state index contributed by atoms with van der Waals surface area (Å²) in [6, 6.07) is 4.83. The van der Waals surface area contributed by atoms with E-state index < -0.39 is 0 Å². The summed E-state index contributed by atoms with van der Waals surface area (Å²) in [7, 11) is 1.81. The molecule has 0 spiro atoms. The van der Waals surface area contributed by atoms with Gasteiger partial charge in [-0.25, -0.2) is 4.68 Å². The number of aromatic hydroxyl groups is 1. The third kappa shape index (κ3) is 1.25. The number of fused-ring (bicyclic) bond motifs is 1. The highest BCUT2D eigenvalue weighted by molar-refractivity contribution is 5.81. The van der Waals surface area contributed by atoms with Gasteiger partial charge in [0, 0.05) is 18.5 Å². The highest BCUT2D eigenvalue weighted by Crippen LogP contribution is 2.21. The van der Waals surface area contributed by atoms with E-state index in [-0.39, 0.29) is 11.9 Å². The molecule has 1 N–H and O–H groups in total. The maximum absolute atomic E-state index is 9.49. The van der Waals surface area contributed by atoms with Gasteiger partial charge in [0.2, 0.25) is 0 Å². The number of hydrogen-bond acceptors (Lipinski definition) is 3. The SMILES string of the molecule is [2H]c1nn(-c2cnn(C)c2)c2cc(O)ccc12. The summed E-state index contributed by atoms with van der Waals surface area (Å²) < 4.78 is 11.0. The Hall–Kier alpha value is -2.30. The van der Waals surface area contributed by atoms with Crippen LogP contribution in [0.15, 0.2) is 36.8 Å². The van der Waals surface area contributed by atoms with E-state index in [1.165, 1.54) is 0 Å². The topological polar surface area (TPSA) is 55.9 Å². The number of aryl methyl sites for hydroxylation is 1. The van der Waals surface area contributed by atoms with Crippen LogP contribution in [0.3, 0.4) is 0 Å². The largest absolute Gasteiger partial charge is 0.508 e. The number of aromatic nitrogens is 4. The Morgan fingerprint density at radius 1 is 1.38 bits per heavy atom. The summed E-state index contributed by atoms with van der Waals surface area (Å²) in [5.74, 6) is 0.155. The highest BCUT2D eigenvalue weighted by Gasteiger charge is 2.06. The first-order chi connectivity index (χ1) is 8.15. The van der Waals surface area contributed by atoms with Gasteiger partial charge in [0.15, 0.2) is 0 Å². The smallest absolute Gasteiger partial charge is 0.117 e. The highest BCUT2D eigenvalue weighted by atomic mass is 16.3. The van der Waals surface area contributed by atoms with Crippen molar-refractivity contribution in [2.24, 2.45) is 7.05 Å². The molecule has 0 aliphatic rings. The van der Waals surface area contributed by atoms with Crippen LogP contribution in [0.2, 0.25) is 0 Å². The van der Waals surface area contributed by atoms with Gasteiger partial charge in [-0.05, 0) is 12.1 Å². The standard InChI is InChI=1S/C11H10N4O/c1-14-7-9(6-12-14)15-11-4-10(16)3-2-8(11)5-13-15/h2-7,16H,1H3/i5D. The minimum Gasteiger partial charge on any atom is -0.508 e. The molecular weight excluding hydrogens is 204 g/mol. The van der Waals surface area contributed by atoms with Crippen molar-refractivity contribution in [3.8, 4) is 11.4 Å². The molecule has 5 heteroatoms. The van der Waals surface area contributed by atoms with Gasteiger partial charge >= 0.3 is 0 Å². The van der Waals surface area contributed by atoms with Crippen molar-refractivity contribution in [1.29, 1.82) is 0 Å². The number of phenolic OH excluding ortho intramolecular Hbond substituents is 1. The first-order valence-corrected chi connectivity index (χ1v) is 4.82. The molecule has 0 unspecified atom stereocenters. The number of hydrogen-bond donors (Lipinski definition) is 1. The zero-order chi connectivity index (χ0) is 12.0. The molecule has 0 aliphatic carbocycles. The molecule has 80 valence electrons. The van der Waals surface area contributed by atoms with Crippen LogP contribution in [-0.4, -0.2) is 24.7 Å². The molecule has 2 aromatic heterocycles. The summed E-state index contributed by atoms with van der Waals surface area (Å²) in [6.07, 6.45) is 3.65. The van der Waals surface area contributed by atoms with Gasteiger partial charge in [0.05, 0.1) is 25.5 Å². The molecule has 0 bridgehead atoms. The van der Waals surface area contributed by atoms with Gasteiger partial charge in [-0.2, -0.15) is 10.2 Å². The third-order valence-electron chi connectivity index (χ3n) is 2.42. The van der Waals surface area contributed by atoms with Gasteiger partial charge in [-0.15, -0.1) is 0 Å². The van der Waals surface area contributed by atoms with Crippen LogP contribution < -0.4 is 0 Å². The second-order valence-corrected chi connectivity index (χ2v) is 3.60. The summed E-state index contributed by atoms with van der Waals surface area (Å²) in [5.41, 5.74) is 1.46. The molecule has 0 aliphatic heterocycles. The average Bonchev–Trinajstić information content (AvgIpc) is 2.83. The zero-order valence-electron chi connectivity index (χ0n) is 9.62. The molecule has 1 aromatic carbocycles. The fraction of sp³-hybridized carbons (Fsp3) is 0.0909. The monoisotopic (exact) mass is 215 g/mol. The van der Waals surface area contributed by atoms with Crippen molar-refractivity contribution in [2.45, 2.75) is 0 Å². The predicted octanol–water partition coefficient (Wildman–Crippen LogP) is 1.46. The van der Waals surface area contributed by atoms with E-state index in [2.05, 4.69) is 10.2 Å². The lowest BCUT2D eigenvalue weighted by molar-refractivity contribution is 0.476. The fourth-order valence-corrected chi connectivity index (χ4v) is 1.66. The first-order valence-electron chi connectivity index (χ1n) is 5.32. The second-order valence-electron chi connectivity index (χ2n) is 3.60. The molecule has 0 amide bonds. The Labute approximate surface area is 92.9 Å². The quantitative estimate of drug-likeness (QED) is 0.668. The van der Waals surface area contributed by atoms with Gasteiger partial charge in [0.25, 0.3) is 0 Å². The first kappa shape index (κ1) is 7.92. The third-order valence-corrected chi connectivity index (χ3v) is 2.42. The molecular formula is C11H10N4O. The normalized spacial score (nSPS) is 11.9. The lowest BCUT2D eigenvalue weighted by atomic mass is 10.2. The van der Waals surface area contributed by atoms with E-state index in [9.17, 15) is 5.11 Å². The van der Waals surface area contributed by atoms with Gasteiger partial charge in [0.1, 0.15) is 11.4 Å². The molecule has 0 fully saturated rings. The van der Waals surface area contributed by atoms with Crippen molar-refractivity contribution in [3.05, 3.63) is 36.8 Å². The maximum Gasteiger partial charge on any atom is 0.117 e.